The predicted molar refractivity (Wildman–Crippen MR) is 84.1 cm³/mol. The number of rotatable bonds is 2. The van der Waals surface area contributed by atoms with Crippen molar-refractivity contribution in [2.24, 2.45) is 0 Å². The van der Waals surface area contributed by atoms with Crippen molar-refractivity contribution in [3.05, 3.63) is 45.4 Å². The fourth-order valence-corrected chi connectivity index (χ4v) is 2.76. The van der Waals surface area contributed by atoms with Gasteiger partial charge in [-0.05, 0) is 6.07 Å². The van der Waals surface area contributed by atoms with Crippen molar-refractivity contribution in [2.45, 2.75) is 6.42 Å². The Morgan fingerprint density at radius 2 is 1.91 bits per heavy atom. The maximum Gasteiger partial charge on any atom is 0.174 e. The number of ketones is 1. The second-order valence-corrected chi connectivity index (χ2v) is 5.54. The Morgan fingerprint density at radius 1 is 1.14 bits per heavy atom. The molecule has 2 aromatic carbocycles. The molecular formula is C16H12Cl2O4. The van der Waals surface area contributed by atoms with Crippen molar-refractivity contribution in [1.82, 2.24) is 0 Å². The lowest BCUT2D eigenvalue weighted by molar-refractivity contribution is 0.0990. The summed E-state index contributed by atoms with van der Waals surface area (Å²) in [4.78, 5) is 12.6. The van der Waals surface area contributed by atoms with Gasteiger partial charge in [-0.25, -0.2) is 0 Å². The van der Waals surface area contributed by atoms with Crippen LogP contribution >= 0.6 is 23.2 Å². The highest BCUT2D eigenvalue weighted by atomic mass is 35.5. The molecule has 4 nitrogen and oxygen atoms in total. The van der Waals surface area contributed by atoms with Gasteiger partial charge in [0.1, 0.15) is 27.8 Å². The molecule has 0 unspecified atom stereocenters. The number of benzene rings is 2. The zero-order chi connectivity index (χ0) is 15.9. The van der Waals surface area contributed by atoms with Gasteiger partial charge in [0.2, 0.25) is 0 Å². The highest BCUT2D eigenvalue weighted by Gasteiger charge is 2.28. The van der Waals surface area contributed by atoms with Crippen molar-refractivity contribution in [2.75, 3.05) is 14.2 Å². The molecule has 1 heterocycles. The molecule has 0 N–H and O–H groups in total. The Morgan fingerprint density at radius 3 is 2.59 bits per heavy atom. The third-order valence-electron chi connectivity index (χ3n) is 3.47. The maximum absolute atomic E-state index is 12.6. The lowest BCUT2D eigenvalue weighted by Gasteiger charge is -2.14. The fraction of sp³-hybridized carbons (Fsp3) is 0.188. The van der Waals surface area contributed by atoms with Crippen LogP contribution in [0.5, 0.6) is 23.0 Å². The van der Waals surface area contributed by atoms with Gasteiger partial charge in [-0.2, -0.15) is 0 Å². The molecule has 22 heavy (non-hydrogen) atoms. The SMILES string of the molecule is COc1cc(OC)c2c(c1)Oc1c(ccc(Cl)c1Cl)CC2=O. The van der Waals surface area contributed by atoms with Crippen LogP contribution < -0.4 is 14.2 Å². The van der Waals surface area contributed by atoms with Crippen LogP contribution in [-0.4, -0.2) is 20.0 Å². The summed E-state index contributed by atoms with van der Waals surface area (Å²) in [6.45, 7) is 0. The van der Waals surface area contributed by atoms with E-state index in [1.165, 1.54) is 14.2 Å². The zero-order valence-corrected chi connectivity index (χ0v) is 13.4. The number of Topliss-reactive ketones (excluding diaryl/α,β-unsaturated/α-hetero) is 1. The first-order valence-electron chi connectivity index (χ1n) is 6.49. The van der Waals surface area contributed by atoms with Gasteiger partial charge in [-0.15, -0.1) is 0 Å². The molecule has 6 heteroatoms. The monoisotopic (exact) mass is 338 g/mol. The van der Waals surface area contributed by atoms with E-state index in [-0.39, 0.29) is 17.2 Å². The Balaban J connectivity index is 2.24. The summed E-state index contributed by atoms with van der Waals surface area (Å²) in [5.41, 5.74) is 1.04. The molecule has 0 aromatic heterocycles. The van der Waals surface area contributed by atoms with Crippen LogP contribution in [0.1, 0.15) is 15.9 Å². The van der Waals surface area contributed by atoms with E-state index in [1.54, 1.807) is 24.3 Å². The number of carbonyl (C=O) groups is 1. The minimum Gasteiger partial charge on any atom is -0.496 e. The number of halogens is 2. The third kappa shape index (κ3) is 2.38. The molecule has 0 bridgehead atoms. The maximum atomic E-state index is 12.6. The summed E-state index contributed by atoms with van der Waals surface area (Å²) in [6.07, 6.45) is 0.155. The second kappa shape index (κ2) is 5.71. The number of hydrogen-bond acceptors (Lipinski definition) is 4. The van der Waals surface area contributed by atoms with E-state index in [9.17, 15) is 4.79 Å². The molecule has 0 saturated carbocycles. The lowest BCUT2D eigenvalue weighted by atomic mass is 10.0. The summed E-state index contributed by atoms with van der Waals surface area (Å²) in [7, 11) is 3.02. The quantitative estimate of drug-likeness (QED) is 0.806. The summed E-state index contributed by atoms with van der Waals surface area (Å²) in [6, 6.07) is 6.65. The Hall–Kier alpha value is -1.91. The molecule has 0 saturated heterocycles. The normalized spacial score (nSPS) is 12.8. The van der Waals surface area contributed by atoms with Gasteiger partial charge in [0.25, 0.3) is 0 Å². The van der Waals surface area contributed by atoms with Crippen molar-refractivity contribution >= 4 is 29.0 Å². The van der Waals surface area contributed by atoms with Gasteiger partial charge in [0, 0.05) is 24.1 Å². The van der Waals surface area contributed by atoms with Crippen LogP contribution in [0, 0.1) is 0 Å². The average molecular weight is 339 g/mol. The first-order chi connectivity index (χ1) is 10.5. The van der Waals surface area contributed by atoms with Gasteiger partial charge in [-0.3, -0.25) is 4.79 Å². The molecule has 3 rings (SSSR count). The Bertz CT molecular complexity index is 771. The highest BCUT2D eigenvalue weighted by Crippen LogP contribution is 2.45. The van der Waals surface area contributed by atoms with Crippen molar-refractivity contribution in [3.63, 3.8) is 0 Å². The molecule has 0 fully saturated rings. The largest absolute Gasteiger partial charge is 0.496 e. The number of methoxy groups -OCH3 is 2. The van der Waals surface area contributed by atoms with Gasteiger partial charge in [-0.1, -0.05) is 29.3 Å². The van der Waals surface area contributed by atoms with Crippen molar-refractivity contribution in [1.29, 1.82) is 0 Å². The summed E-state index contributed by atoms with van der Waals surface area (Å²) in [5.74, 6) is 1.52. The van der Waals surface area contributed by atoms with Crippen LogP contribution in [-0.2, 0) is 6.42 Å². The van der Waals surface area contributed by atoms with E-state index >= 15 is 0 Å². The van der Waals surface area contributed by atoms with Crippen molar-refractivity contribution < 1.29 is 19.0 Å². The standard InChI is InChI=1S/C16H12Cl2O4/c1-20-9-6-12(21-2)14-11(19)5-8-3-4-10(17)15(18)16(8)22-13(14)7-9/h3-4,6-7H,5H2,1-2H3. The van der Waals surface area contributed by atoms with Gasteiger partial charge in [0.15, 0.2) is 11.5 Å². The van der Waals surface area contributed by atoms with Gasteiger partial charge >= 0.3 is 0 Å². The molecular weight excluding hydrogens is 327 g/mol. The number of hydrogen-bond donors (Lipinski definition) is 0. The van der Waals surface area contributed by atoms with E-state index in [0.717, 1.165) is 0 Å². The van der Waals surface area contributed by atoms with E-state index < -0.39 is 0 Å². The van der Waals surface area contributed by atoms with E-state index in [1.807, 2.05) is 0 Å². The smallest absolute Gasteiger partial charge is 0.174 e. The molecule has 1 aliphatic rings. The highest BCUT2D eigenvalue weighted by molar-refractivity contribution is 6.43. The minimum absolute atomic E-state index is 0.119. The molecule has 0 radical (unpaired) electrons. The number of ether oxygens (including phenoxy) is 3. The van der Waals surface area contributed by atoms with Gasteiger partial charge in [0.05, 0.1) is 19.2 Å². The first-order valence-corrected chi connectivity index (χ1v) is 7.24. The molecule has 0 atom stereocenters. The van der Waals surface area contributed by atoms with Crippen LogP contribution in [0.25, 0.3) is 0 Å². The topological polar surface area (TPSA) is 44.8 Å². The van der Waals surface area contributed by atoms with Crippen LogP contribution in [0.2, 0.25) is 10.0 Å². The third-order valence-corrected chi connectivity index (χ3v) is 4.26. The number of carbonyl (C=O) groups excluding carboxylic acids is 1. The molecule has 2 aromatic rings. The molecule has 1 aliphatic heterocycles. The Labute approximate surface area is 137 Å². The zero-order valence-electron chi connectivity index (χ0n) is 11.9. The first kappa shape index (κ1) is 15.0. The van der Waals surface area contributed by atoms with Gasteiger partial charge < -0.3 is 14.2 Å². The van der Waals surface area contributed by atoms with E-state index in [2.05, 4.69) is 0 Å². The summed E-state index contributed by atoms with van der Waals surface area (Å²) < 4.78 is 16.4. The van der Waals surface area contributed by atoms with Crippen molar-refractivity contribution in [3.8, 4) is 23.0 Å². The summed E-state index contributed by atoms with van der Waals surface area (Å²) in [5, 5.41) is 0.646. The van der Waals surface area contributed by atoms with E-state index in [0.29, 0.717) is 39.1 Å². The second-order valence-electron chi connectivity index (χ2n) is 4.75. The Kier molecular flexibility index (Phi) is 3.89. The number of fused-ring (bicyclic) bond motifs is 2. The van der Waals surface area contributed by atoms with Crippen LogP contribution in [0.4, 0.5) is 0 Å². The van der Waals surface area contributed by atoms with Crippen LogP contribution in [0.3, 0.4) is 0 Å². The summed E-state index contributed by atoms with van der Waals surface area (Å²) >= 11 is 12.2. The molecule has 0 aliphatic carbocycles. The molecule has 0 spiro atoms. The molecule has 114 valence electrons. The van der Waals surface area contributed by atoms with Crippen LogP contribution in [0.15, 0.2) is 24.3 Å². The lowest BCUT2D eigenvalue weighted by Crippen LogP contribution is -2.05. The average Bonchev–Trinajstić information content (AvgIpc) is 2.66. The van der Waals surface area contributed by atoms with E-state index in [4.69, 9.17) is 37.4 Å². The predicted octanol–water partition coefficient (Wildman–Crippen LogP) is 4.54. The minimum atomic E-state index is -0.119. The molecule has 0 amide bonds. The fourth-order valence-electron chi connectivity index (χ4n) is 2.39.